The molecule has 0 atom stereocenters. The Morgan fingerprint density at radius 1 is 1.75 bits per heavy atom. The van der Waals surface area contributed by atoms with Crippen LogP contribution in [0, 0.1) is 12.3 Å². The summed E-state index contributed by atoms with van der Waals surface area (Å²) in [7, 11) is -3.17. The molecule has 0 saturated carbocycles. The van der Waals surface area contributed by atoms with Crippen molar-refractivity contribution in [3.05, 3.63) is 0 Å². The molecule has 0 bridgehead atoms. The molecule has 0 aromatic rings. The average Bonchev–Trinajstić information content (AvgIpc) is 1.67. The van der Waals surface area contributed by atoms with E-state index >= 15 is 0 Å². The van der Waals surface area contributed by atoms with E-state index in [-0.39, 0.29) is 5.75 Å². The molecule has 0 unspecified atom stereocenters. The molecule has 1 N–H and O–H groups in total. The second-order valence-corrected chi connectivity index (χ2v) is 4.03. The van der Waals surface area contributed by atoms with Crippen LogP contribution in [0.25, 0.3) is 0 Å². The number of hydrogen-bond donors (Lipinski definition) is 1. The molecule has 46 valence electrons. The highest BCUT2D eigenvalue weighted by atomic mass is 127. The van der Waals surface area contributed by atoms with E-state index < -0.39 is 10.0 Å². The summed E-state index contributed by atoms with van der Waals surface area (Å²) >= 11 is 1.52. The van der Waals surface area contributed by atoms with E-state index in [1.807, 2.05) is 8.86 Å². The van der Waals surface area contributed by atoms with Crippen LogP contribution in [0.4, 0.5) is 0 Å². The fourth-order valence-electron chi connectivity index (χ4n) is 0.137. The molecule has 5 heteroatoms. The maximum atomic E-state index is 10.3. The van der Waals surface area contributed by atoms with Crippen LogP contribution in [-0.2, 0) is 10.0 Å². The van der Waals surface area contributed by atoms with Crippen molar-refractivity contribution in [2.75, 3.05) is 5.75 Å². The van der Waals surface area contributed by atoms with E-state index in [0.29, 0.717) is 0 Å². The SMILES string of the molecule is C#CCS(=O)(=O)NI. The second kappa shape index (κ2) is 3.27. The Kier molecular flexibility index (Phi) is 3.35. The van der Waals surface area contributed by atoms with E-state index in [4.69, 9.17) is 6.42 Å². The third-order valence-corrected chi connectivity index (χ3v) is 3.19. The standard InChI is InChI=1S/C3H4INO2S/c1-2-3-8(6,7)5-4/h1,5H,3H2. The van der Waals surface area contributed by atoms with Gasteiger partial charge in [0.2, 0.25) is 10.0 Å². The summed E-state index contributed by atoms with van der Waals surface area (Å²) in [4.78, 5) is 0. The molecule has 0 aliphatic rings. The predicted molar refractivity (Wildman–Crippen MR) is 39.8 cm³/mol. The number of nitrogens with one attached hydrogen (secondary N) is 1. The molecule has 0 aromatic heterocycles. The molecule has 0 amide bonds. The molecule has 0 spiro atoms. The molecule has 0 saturated heterocycles. The fraction of sp³-hybridized carbons (Fsp3) is 0.333. The van der Waals surface area contributed by atoms with Gasteiger partial charge in [0, 0.05) is 22.9 Å². The van der Waals surface area contributed by atoms with Crippen molar-refractivity contribution < 1.29 is 8.42 Å². The predicted octanol–water partition coefficient (Wildman–Crippen LogP) is -0.111. The Morgan fingerprint density at radius 2 is 2.25 bits per heavy atom. The van der Waals surface area contributed by atoms with Crippen LogP contribution in [0.2, 0.25) is 0 Å². The maximum Gasteiger partial charge on any atom is 0.231 e. The monoisotopic (exact) mass is 245 g/mol. The van der Waals surface area contributed by atoms with Gasteiger partial charge in [-0.3, -0.25) is 0 Å². The minimum absolute atomic E-state index is 0.254. The van der Waals surface area contributed by atoms with Crippen LogP contribution in [0.15, 0.2) is 0 Å². The lowest BCUT2D eigenvalue weighted by molar-refractivity contribution is 0.599. The normalized spacial score (nSPS) is 10.5. The van der Waals surface area contributed by atoms with Crippen molar-refractivity contribution in [2.45, 2.75) is 0 Å². The van der Waals surface area contributed by atoms with Gasteiger partial charge in [0.1, 0.15) is 5.75 Å². The summed E-state index contributed by atoms with van der Waals surface area (Å²) in [5.41, 5.74) is 0. The summed E-state index contributed by atoms with van der Waals surface area (Å²) in [5.74, 6) is 1.75. The van der Waals surface area contributed by atoms with Gasteiger partial charge in [0.15, 0.2) is 0 Å². The van der Waals surface area contributed by atoms with Crippen molar-refractivity contribution >= 4 is 32.9 Å². The number of terminal acetylenes is 1. The van der Waals surface area contributed by atoms with E-state index in [2.05, 4.69) is 0 Å². The molecule has 3 nitrogen and oxygen atoms in total. The zero-order valence-corrected chi connectivity index (χ0v) is 6.86. The molecule has 0 fully saturated rings. The molecule has 0 heterocycles. The lowest BCUT2D eigenvalue weighted by Crippen LogP contribution is -2.15. The fourth-order valence-corrected chi connectivity index (χ4v) is 0.878. The lowest BCUT2D eigenvalue weighted by Gasteiger charge is -1.89. The van der Waals surface area contributed by atoms with Crippen LogP contribution in [-0.4, -0.2) is 14.2 Å². The van der Waals surface area contributed by atoms with Gasteiger partial charge in [-0.15, -0.1) is 6.42 Å². The third-order valence-electron chi connectivity index (χ3n) is 0.391. The first-order valence-corrected chi connectivity index (χ1v) is 4.39. The van der Waals surface area contributed by atoms with Crippen LogP contribution < -0.4 is 2.94 Å². The molecule has 0 aromatic carbocycles. The first kappa shape index (κ1) is 8.20. The van der Waals surface area contributed by atoms with E-state index in [9.17, 15) is 8.42 Å². The van der Waals surface area contributed by atoms with Crippen LogP contribution in [0.1, 0.15) is 0 Å². The highest BCUT2D eigenvalue weighted by Crippen LogP contribution is 1.84. The summed E-state index contributed by atoms with van der Waals surface area (Å²) in [6.45, 7) is 0. The van der Waals surface area contributed by atoms with E-state index in [1.165, 1.54) is 22.9 Å². The Bertz CT molecular complexity index is 190. The molecule has 8 heavy (non-hydrogen) atoms. The average molecular weight is 245 g/mol. The van der Waals surface area contributed by atoms with Gasteiger partial charge in [-0.25, -0.2) is 8.42 Å². The largest absolute Gasteiger partial charge is 0.231 e. The first-order valence-electron chi connectivity index (χ1n) is 1.66. The highest BCUT2D eigenvalue weighted by Gasteiger charge is 2.01. The quantitative estimate of drug-likeness (QED) is 0.419. The minimum Gasteiger partial charge on any atom is -0.211 e. The Balaban J connectivity index is 4.01. The van der Waals surface area contributed by atoms with Gasteiger partial charge in [0.05, 0.1) is 0 Å². The van der Waals surface area contributed by atoms with Crippen molar-refractivity contribution in [2.24, 2.45) is 0 Å². The lowest BCUT2D eigenvalue weighted by atomic mass is 10.8. The van der Waals surface area contributed by atoms with E-state index in [1.54, 1.807) is 0 Å². The topological polar surface area (TPSA) is 46.2 Å². The van der Waals surface area contributed by atoms with Crippen molar-refractivity contribution in [3.8, 4) is 12.3 Å². The molecule has 0 aliphatic heterocycles. The smallest absolute Gasteiger partial charge is 0.211 e. The summed E-state index contributed by atoms with van der Waals surface area (Å²) in [6, 6.07) is 0. The molecular weight excluding hydrogens is 241 g/mol. The third kappa shape index (κ3) is 3.23. The Hall–Kier alpha value is 0.200. The van der Waals surface area contributed by atoms with Gasteiger partial charge >= 0.3 is 0 Å². The van der Waals surface area contributed by atoms with E-state index in [0.717, 1.165) is 0 Å². The zero-order valence-electron chi connectivity index (χ0n) is 3.89. The summed E-state index contributed by atoms with van der Waals surface area (Å²) in [6.07, 6.45) is 4.72. The highest BCUT2D eigenvalue weighted by molar-refractivity contribution is 14.1. The van der Waals surface area contributed by atoms with Crippen molar-refractivity contribution in [1.82, 2.24) is 2.94 Å². The Labute approximate surface area is 62.4 Å². The summed E-state index contributed by atoms with van der Waals surface area (Å²) < 4.78 is 22.7. The van der Waals surface area contributed by atoms with Gasteiger partial charge in [-0.1, -0.05) is 5.92 Å². The second-order valence-electron chi connectivity index (χ2n) is 1.04. The van der Waals surface area contributed by atoms with Gasteiger partial charge in [-0.2, -0.15) is 2.94 Å². The molecule has 0 rings (SSSR count). The van der Waals surface area contributed by atoms with Gasteiger partial charge in [0.25, 0.3) is 0 Å². The summed E-state index contributed by atoms with van der Waals surface area (Å²) in [5, 5.41) is 0. The van der Waals surface area contributed by atoms with Crippen LogP contribution >= 0.6 is 22.9 Å². The first-order chi connectivity index (χ1) is 3.62. The minimum atomic E-state index is -3.17. The van der Waals surface area contributed by atoms with Crippen LogP contribution in [0.5, 0.6) is 0 Å². The van der Waals surface area contributed by atoms with Crippen molar-refractivity contribution in [1.29, 1.82) is 0 Å². The molecular formula is C3H4INO2S. The van der Waals surface area contributed by atoms with Gasteiger partial charge in [-0.05, 0) is 0 Å². The molecule has 0 radical (unpaired) electrons. The molecule has 0 aliphatic carbocycles. The van der Waals surface area contributed by atoms with Gasteiger partial charge < -0.3 is 0 Å². The zero-order chi connectivity index (χ0) is 6.62. The maximum absolute atomic E-state index is 10.3. The van der Waals surface area contributed by atoms with Crippen molar-refractivity contribution in [3.63, 3.8) is 0 Å². The number of hydrogen-bond acceptors (Lipinski definition) is 2. The Morgan fingerprint density at radius 3 is 2.38 bits per heavy atom. The number of sulfonamides is 1. The van der Waals surface area contributed by atoms with Crippen LogP contribution in [0.3, 0.4) is 0 Å². The number of halogens is 1. The number of rotatable bonds is 2.